The minimum Gasteiger partial charge on any atom is -0.382 e. The van der Waals surface area contributed by atoms with Gasteiger partial charge in [0, 0.05) is 45.9 Å². The van der Waals surface area contributed by atoms with Gasteiger partial charge in [0.05, 0.1) is 0 Å². The monoisotopic (exact) mass is 409 g/mol. The molecule has 7 heteroatoms. The van der Waals surface area contributed by atoms with Crippen molar-refractivity contribution in [3.8, 4) is 0 Å². The van der Waals surface area contributed by atoms with Gasteiger partial charge in [0.1, 0.15) is 6.54 Å². The Hall–Kier alpha value is -1.34. The smallest absolute Gasteiger partial charge is 0.243 e. The maximum atomic E-state index is 12.0. The number of nitrogens with zero attached hydrogens (tertiary/aromatic N) is 3. The first kappa shape index (κ1) is 23.9. The van der Waals surface area contributed by atoms with Crippen LogP contribution in [0.25, 0.3) is 0 Å². The van der Waals surface area contributed by atoms with Gasteiger partial charge < -0.3 is 20.3 Å². The summed E-state index contributed by atoms with van der Waals surface area (Å²) < 4.78 is 5.43. The van der Waals surface area contributed by atoms with Gasteiger partial charge in [-0.1, -0.05) is 25.7 Å². The molecular weight excluding hydrogens is 366 g/mol. The summed E-state index contributed by atoms with van der Waals surface area (Å²) in [6, 6.07) is 0. The maximum Gasteiger partial charge on any atom is 0.243 e. The van der Waals surface area contributed by atoms with E-state index in [9.17, 15) is 4.79 Å². The van der Waals surface area contributed by atoms with Crippen LogP contribution in [-0.2, 0) is 9.53 Å². The molecule has 29 heavy (non-hydrogen) atoms. The van der Waals surface area contributed by atoms with Gasteiger partial charge in [-0.3, -0.25) is 9.69 Å². The second-order valence-corrected chi connectivity index (χ2v) is 8.62. The molecule has 0 radical (unpaired) electrons. The predicted molar refractivity (Wildman–Crippen MR) is 119 cm³/mol. The molecule has 0 bridgehead atoms. The van der Waals surface area contributed by atoms with Crippen molar-refractivity contribution in [2.45, 2.75) is 70.3 Å². The summed E-state index contributed by atoms with van der Waals surface area (Å²) in [5, 5.41) is 7.00. The Morgan fingerprint density at radius 3 is 2.41 bits per heavy atom. The lowest BCUT2D eigenvalue weighted by atomic mass is 9.79. The third kappa shape index (κ3) is 8.13. The van der Waals surface area contributed by atoms with E-state index in [2.05, 4.69) is 20.5 Å². The average Bonchev–Trinajstić information content (AvgIpc) is 2.75. The summed E-state index contributed by atoms with van der Waals surface area (Å²) in [6.07, 6.45) is 11.4. The summed E-state index contributed by atoms with van der Waals surface area (Å²) in [5.41, 5.74) is 0.234. The molecule has 1 saturated heterocycles. The largest absolute Gasteiger partial charge is 0.382 e. The topological polar surface area (TPSA) is 69.2 Å². The molecule has 0 spiro atoms. The highest BCUT2D eigenvalue weighted by atomic mass is 16.5. The molecule has 1 saturated carbocycles. The van der Waals surface area contributed by atoms with Crippen LogP contribution in [0, 0.1) is 0 Å². The third-order valence-electron chi connectivity index (χ3n) is 6.23. The van der Waals surface area contributed by atoms with Crippen LogP contribution in [0.2, 0.25) is 0 Å². The number of nitrogens with one attached hydrogen (secondary N) is 2. The van der Waals surface area contributed by atoms with Gasteiger partial charge in [-0.2, -0.15) is 0 Å². The number of piperidine rings is 1. The number of carbonyl (C=O) groups is 1. The minimum absolute atomic E-state index is 0.0174. The van der Waals surface area contributed by atoms with Crippen LogP contribution in [0.1, 0.15) is 64.7 Å². The van der Waals surface area contributed by atoms with Crippen molar-refractivity contribution in [2.75, 3.05) is 60.0 Å². The molecule has 0 aromatic rings. The highest BCUT2D eigenvalue weighted by molar-refractivity contribution is 5.84. The van der Waals surface area contributed by atoms with Gasteiger partial charge in [0.25, 0.3) is 0 Å². The second-order valence-electron chi connectivity index (χ2n) is 8.62. The van der Waals surface area contributed by atoms with Crippen molar-refractivity contribution in [1.82, 2.24) is 20.4 Å². The van der Waals surface area contributed by atoms with Crippen LogP contribution in [0.5, 0.6) is 0 Å². The summed E-state index contributed by atoms with van der Waals surface area (Å²) >= 11 is 0. The van der Waals surface area contributed by atoms with E-state index in [-0.39, 0.29) is 18.0 Å². The van der Waals surface area contributed by atoms with E-state index < -0.39 is 0 Å². The molecule has 1 heterocycles. The Bertz CT molecular complexity index is 497. The van der Waals surface area contributed by atoms with Gasteiger partial charge >= 0.3 is 0 Å². The number of aliphatic imine (C=N–C) groups is 1. The van der Waals surface area contributed by atoms with Crippen LogP contribution in [0.4, 0.5) is 0 Å². The van der Waals surface area contributed by atoms with E-state index in [0.29, 0.717) is 0 Å². The lowest BCUT2D eigenvalue weighted by molar-refractivity contribution is -0.127. The fourth-order valence-corrected chi connectivity index (χ4v) is 4.42. The van der Waals surface area contributed by atoms with Gasteiger partial charge in [0.15, 0.2) is 5.96 Å². The molecule has 1 amide bonds. The zero-order valence-corrected chi connectivity index (χ0v) is 19.0. The number of carbonyl (C=O) groups excluding carboxylic acids is 1. The Morgan fingerprint density at radius 1 is 1.07 bits per heavy atom. The lowest BCUT2D eigenvalue weighted by Crippen LogP contribution is -2.59. The van der Waals surface area contributed by atoms with Crippen molar-refractivity contribution < 1.29 is 9.53 Å². The Kier molecular flexibility index (Phi) is 10.8. The predicted octanol–water partition coefficient (Wildman–Crippen LogP) is 2.23. The normalized spacial score (nSPS) is 20.3. The molecular formula is C22H43N5O2. The van der Waals surface area contributed by atoms with Gasteiger partial charge in [-0.05, 0) is 52.1 Å². The number of likely N-dealkylation sites (N-methyl/N-ethyl adjacent to an activating group) is 1. The van der Waals surface area contributed by atoms with Crippen molar-refractivity contribution in [2.24, 2.45) is 4.99 Å². The van der Waals surface area contributed by atoms with Crippen LogP contribution >= 0.6 is 0 Å². The summed E-state index contributed by atoms with van der Waals surface area (Å²) in [6.45, 7) is 7.80. The van der Waals surface area contributed by atoms with Crippen LogP contribution in [0.3, 0.4) is 0 Å². The molecule has 2 aliphatic rings. The quantitative estimate of drug-likeness (QED) is 0.329. The number of likely N-dealkylation sites (tertiary alicyclic amines) is 1. The molecule has 0 atom stereocenters. The molecule has 2 rings (SSSR count). The fraction of sp³-hybridized carbons (Fsp3) is 0.909. The molecule has 0 aromatic carbocycles. The Balaban J connectivity index is 1.98. The number of amides is 1. The second kappa shape index (κ2) is 13.1. The number of hydrogen-bond acceptors (Lipinski definition) is 4. The van der Waals surface area contributed by atoms with E-state index in [0.717, 1.165) is 38.7 Å². The van der Waals surface area contributed by atoms with E-state index in [1.165, 1.54) is 64.5 Å². The molecule has 2 N–H and O–H groups in total. The maximum absolute atomic E-state index is 12.0. The molecule has 1 aliphatic heterocycles. The van der Waals surface area contributed by atoms with E-state index in [1.54, 1.807) is 19.0 Å². The molecule has 168 valence electrons. The average molecular weight is 410 g/mol. The Morgan fingerprint density at radius 2 is 1.76 bits per heavy atom. The first-order valence-corrected chi connectivity index (χ1v) is 11.6. The summed E-state index contributed by atoms with van der Waals surface area (Å²) in [5.74, 6) is 0.766. The van der Waals surface area contributed by atoms with Crippen LogP contribution in [-0.4, -0.2) is 87.2 Å². The van der Waals surface area contributed by atoms with Crippen molar-refractivity contribution >= 4 is 11.9 Å². The molecule has 2 fully saturated rings. The number of guanidine groups is 1. The highest BCUT2D eigenvalue weighted by Crippen LogP contribution is 2.35. The van der Waals surface area contributed by atoms with E-state index >= 15 is 0 Å². The highest BCUT2D eigenvalue weighted by Gasteiger charge is 2.38. The summed E-state index contributed by atoms with van der Waals surface area (Å²) in [4.78, 5) is 20.9. The number of ether oxygens (including phenoxy) is 1. The molecule has 0 unspecified atom stereocenters. The number of hydrogen-bond donors (Lipinski definition) is 2. The zero-order valence-electron chi connectivity index (χ0n) is 19.0. The number of rotatable bonds is 10. The fourth-order valence-electron chi connectivity index (χ4n) is 4.42. The molecule has 7 nitrogen and oxygen atoms in total. The van der Waals surface area contributed by atoms with Crippen LogP contribution < -0.4 is 10.6 Å². The SMILES string of the molecule is CCOCCCNC(=NCC(=O)N(C)C)NCC1(N2CCCCC2)CCCCC1. The summed E-state index contributed by atoms with van der Waals surface area (Å²) in [7, 11) is 3.54. The van der Waals surface area contributed by atoms with Crippen molar-refractivity contribution in [3.63, 3.8) is 0 Å². The van der Waals surface area contributed by atoms with E-state index in [1.807, 2.05) is 6.92 Å². The molecule has 0 aromatic heterocycles. The lowest BCUT2D eigenvalue weighted by Gasteiger charge is -2.48. The first-order chi connectivity index (χ1) is 14.1. The van der Waals surface area contributed by atoms with Gasteiger partial charge in [-0.15, -0.1) is 0 Å². The van der Waals surface area contributed by atoms with Gasteiger partial charge in [-0.25, -0.2) is 4.99 Å². The first-order valence-electron chi connectivity index (χ1n) is 11.6. The zero-order chi connectivity index (χ0) is 21.0. The minimum atomic E-state index is 0.0174. The van der Waals surface area contributed by atoms with Crippen molar-refractivity contribution in [1.29, 1.82) is 0 Å². The van der Waals surface area contributed by atoms with Gasteiger partial charge in [0.2, 0.25) is 5.91 Å². The third-order valence-corrected chi connectivity index (χ3v) is 6.23. The van der Waals surface area contributed by atoms with Crippen LogP contribution in [0.15, 0.2) is 4.99 Å². The van der Waals surface area contributed by atoms with E-state index in [4.69, 9.17) is 4.74 Å². The van der Waals surface area contributed by atoms with Crippen molar-refractivity contribution in [3.05, 3.63) is 0 Å². The Labute approximate surface area is 177 Å². The molecule has 1 aliphatic carbocycles. The standard InChI is InChI=1S/C22H43N5O2/c1-4-29-17-11-14-23-21(24-18-20(28)26(2)3)25-19-22(12-7-5-8-13-22)27-15-9-6-10-16-27/h4-19H2,1-3H3,(H2,23,24,25).